The summed E-state index contributed by atoms with van der Waals surface area (Å²) in [5.41, 5.74) is 7.84. The number of nitrogens with two attached hydrogens (primary N) is 1. The molecule has 1 aromatic carbocycles. The number of nitrogens with one attached hydrogen (secondary N) is 1. The van der Waals surface area contributed by atoms with Gasteiger partial charge in [-0.25, -0.2) is 4.39 Å². The first-order chi connectivity index (χ1) is 10.7. The molecule has 2 aromatic rings. The number of aromatic nitrogens is 3. The fourth-order valence-corrected chi connectivity index (χ4v) is 2.70. The monoisotopic (exact) mass is 323 g/mol. The van der Waals surface area contributed by atoms with Crippen LogP contribution in [0.2, 0.25) is 0 Å². The van der Waals surface area contributed by atoms with E-state index in [-0.39, 0.29) is 23.8 Å². The first-order valence-electron chi connectivity index (χ1n) is 7.19. The van der Waals surface area contributed by atoms with E-state index in [0.717, 1.165) is 11.1 Å². The number of benzene rings is 1. The molecule has 3 N–H and O–H groups in total. The van der Waals surface area contributed by atoms with Crippen LogP contribution >= 0.6 is 0 Å². The molecule has 1 aromatic heterocycles. The maximum atomic E-state index is 13.6. The topological polar surface area (TPSA) is 76.7 Å². The van der Waals surface area contributed by atoms with E-state index >= 15 is 0 Å². The summed E-state index contributed by atoms with van der Waals surface area (Å²) in [6.45, 7) is 2.38. The molecule has 23 heavy (non-hydrogen) atoms. The molecular weight excluding hydrogens is 307 g/mol. The van der Waals surface area contributed by atoms with Crippen LogP contribution in [-0.4, -0.2) is 15.0 Å². The third-order valence-corrected chi connectivity index (χ3v) is 3.85. The lowest BCUT2D eigenvalue weighted by molar-refractivity contribution is 0.00777. The molecule has 1 aliphatic rings. The van der Waals surface area contributed by atoms with Gasteiger partial charge in [0.05, 0.1) is 6.04 Å². The number of hydrogen-bond acceptors (Lipinski definition) is 5. The van der Waals surface area contributed by atoms with Crippen molar-refractivity contribution < 1.29 is 13.2 Å². The van der Waals surface area contributed by atoms with Crippen LogP contribution in [0, 0.1) is 12.7 Å². The normalized spacial score (nSPS) is 17.2. The van der Waals surface area contributed by atoms with Gasteiger partial charge < -0.3 is 11.1 Å². The molecule has 1 heterocycles. The molecule has 0 saturated heterocycles. The van der Waals surface area contributed by atoms with E-state index in [9.17, 15) is 13.2 Å². The van der Waals surface area contributed by atoms with Crippen LogP contribution in [0.4, 0.5) is 25.1 Å². The van der Waals surface area contributed by atoms with Crippen molar-refractivity contribution in [1.29, 1.82) is 0 Å². The molecule has 0 unspecified atom stereocenters. The molecule has 122 valence electrons. The van der Waals surface area contributed by atoms with E-state index in [1.165, 1.54) is 6.07 Å². The molecule has 0 aliphatic heterocycles. The zero-order chi connectivity index (χ0) is 16.8. The number of rotatable bonds is 3. The Kier molecular flexibility index (Phi) is 3.62. The van der Waals surface area contributed by atoms with E-state index in [2.05, 4.69) is 20.3 Å². The predicted octanol–water partition coefficient (Wildman–Crippen LogP) is 3.11. The van der Waals surface area contributed by atoms with Crippen molar-refractivity contribution >= 4 is 11.9 Å². The van der Waals surface area contributed by atoms with Gasteiger partial charge in [-0.15, -0.1) is 0 Å². The fraction of sp³-hybridized carbons (Fsp3) is 0.400. The standard InChI is InChI=1S/C15H16F3N5/c1-7-5-9-8(6-10(7)16)3-4-11(9)20-14-22-12(15(2,17)18)21-13(19)23-14/h5-6,11H,3-4H2,1-2H3,(H3,19,20,21,22,23)/t11-/m1/s1. The van der Waals surface area contributed by atoms with Gasteiger partial charge in [-0.1, -0.05) is 6.07 Å². The summed E-state index contributed by atoms with van der Waals surface area (Å²) in [5.74, 6) is -4.41. The van der Waals surface area contributed by atoms with Gasteiger partial charge in [-0.2, -0.15) is 23.7 Å². The summed E-state index contributed by atoms with van der Waals surface area (Å²) in [7, 11) is 0. The highest BCUT2D eigenvalue weighted by Gasteiger charge is 2.30. The van der Waals surface area contributed by atoms with Crippen molar-refractivity contribution in [2.24, 2.45) is 0 Å². The first kappa shape index (κ1) is 15.5. The number of nitrogens with zero attached hydrogens (tertiary/aromatic N) is 3. The lowest BCUT2D eigenvalue weighted by Gasteiger charge is -2.16. The maximum Gasteiger partial charge on any atom is 0.304 e. The van der Waals surface area contributed by atoms with Crippen LogP contribution < -0.4 is 11.1 Å². The van der Waals surface area contributed by atoms with Gasteiger partial charge in [0.1, 0.15) is 5.82 Å². The van der Waals surface area contributed by atoms with E-state index < -0.39 is 11.7 Å². The van der Waals surface area contributed by atoms with Gasteiger partial charge in [-0.3, -0.25) is 0 Å². The molecule has 0 saturated carbocycles. The number of hydrogen-bond donors (Lipinski definition) is 2. The van der Waals surface area contributed by atoms with Gasteiger partial charge in [-0.05, 0) is 42.5 Å². The molecule has 8 heteroatoms. The Balaban J connectivity index is 1.91. The highest BCUT2D eigenvalue weighted by molar-refractivity contribution is 5.44. The van der Waals surface area contributed by atoms with Gasteiger partial charge in [0.25, 0.3) is 0 Å². The molecule has 5 nitrogen and oxygen atoms in total. The minimum atomic E-state index is -3.21. The van der Waals surface area contributed by atoms with Crippen molar-refractivity contribution in [2.75, 3.05) is 11.1 Å². The summed E-state index contributed by atoms with van der Waals surface area (Å²) >= 11 is 0. The Morgan fingerprint density at radius 2 is 2.00 bits per heavy atom. The second-order valence-electron chi connectivity index (χ2n) is 5.77. The van der Waals surface area contributed by atoms with Crippen LogP contribution in [0.15, 0.2) is 12.1 Å². The number of anilines is 2. The maximum absolute atomic E-state index is 13.6. The molecule has 0 bridgehead atoms. The number of aryl methyl sites for hydroxylation is 2. The number of alkyl halides is 2. The Morgan fingerprint density at radius 1 is 1.26 bits per heavy atom. The van der Waals surface area contributed by atoms with Crippen molar-refractivity contribution in [3.05, 3.63) is 40.5 Å². The Hall–Kier alpha value is -2.38. The van der Waals surface area contributed by atoms with Gasteiger partial charge in [0.15, 0.2) is 0 Å². The fourth-order valence-electron chi connectivity index (χ4n) is 2.70. The zero-order valence-electron chi connectivity index (χ0n) is 12.7. The third kappa shape index (κ3) is 3.06. The SMILES string of the molecule is Cc1cc2c(cc1F)CC[C@H]2Nc1nc(N)nc(C(C)(F)F)n1. The Morgan fingerprint density at radius 3 is 2.70 bits per heavy atom. The van der Waals surface area contributed by atoms with Crippen LogP contribution in [0.25, 0.3) is 0 Å². The highest BCUT2D eigenvalue weighted by atomic mass is 19.3. The summed E-state index contributed by atoms with van der Waals surface area (Å²) in [6.07, 6.45) is 1.39. The first-order valence-corrected chi connectivity index (χ1v) is 7.19. The second kappa shape index (κ2) is 5.36. The Bertz CT molecular complexity index is 758. The molecule has 0 fully saturated rings. The molecule has 1 aliphatic carbocycles. The third-order valence-electron chi connectivity index (χ3n) is 3.85. The minimum Gasteiger partial charge on any atom is -0.368 e. The van der Waals surface area contributed by atoms with Crippen LogP contribution in [-0.2, 0) is 12.3 Å². The lowest BCUT2D eigenvalue weighted by Crippen LogP contribution is -2.18. The summed E-state index contributed by atoms with van der Waals surface area (Å²) in [6, 6.07) is 3.10. The quantitative estimate of drug-likeness (QED) is 0.907. The molecule has 3 rings (SSSR count). The molecule has 0 amide bonds. The average Bonchev–Trinajstić information content (AvgIpc) is 2.80. The van der Waals surface area contributed by atoms with Gasteiger partial charge in [0, 0.05) is 6.92 Å². The van der Waals surface area contributed by atoms with Gasteiger partial charge in [0.2, 0.25) is 17.7 Å². The smallest absolute Gasteiger partial charge is 0.304 e. The number of nitrogen functional groups attached to an aromatic ring is 1. The highest BCUT2D eigenvalue weighted by Crippen LogP contribution is 2.35. The summed E-state index contributed by atoms with van der Waals surface area (Å²) in [5, 5.41) is 3.00. The van der Waals surface area contributed by atoms with Crippen LogP contribution in [0.1, 0.15) is 41.9 Å². The van der Waals surface area contributed by atoms with Crippen LogP contribution in [0.5, 0.6) is 0 Å². The molecular formula is C15H16F3N5. The molecule has 1 atom stereocenters. The summed E-state index contributed by atoms with van der Waals surface area (Å²) < 4.78 is 40.4. The van der Waals surface area contributed by atoms with Crippen molar-refractivity contribution in [2.45, 2.75) is 38.7 Å². The predicted molar refractivity (Wildman–Crippen MR) is 79.6 cm³/mol. The van der Waals surface area contributed by atoms with E-state index in [1.54, 1.807) is 13.0 Å². The Labute approximate surface area is 131 Å². The number of halogens is 3. The molecule has 0 spiro atoms. The van der Waals surface area contributed by atoms with Gasteiger partial charge >= 0.3 is 5.92 Å². The van der Waals surface area contributed by atoms with E-state index in [1.807, 2.05) is 0 Å². The zero-order valence-corrected chi connectivity index (χ0v) is 12.7. The largest absolute Gasteiger partial charge is 0.368 e. The lowest BCUT2D eigenvalue weighted by atomic mass is 10.0. The average molecular weight is 323 g/mol. The number of fused-ring (bicyclic) bond motifs is 1. The second-order valence-corrected chi connectivity index (χ2v) is 5.77. The van der Waals surface area contributed by atoms with Crippen molar-refractivity contribution in [3.63, 3.8) is 0 Å². The van der Waals surface area contributed by atoms with E-state index in [0.29, 0.717) is 25.3 Å². The van der Waals surface area contributed by atoms with Crippen molar-refractivity contribution in [1.82, 2.24) is 15.0 Å². The minimum absolute atomic E-state index is 0.00569. The summed E-state index contributed by atoms with van der Waals surface area (Å²) in [4.78, 5) is 11.1. The van der Waals surface area contributed by atoms with Crippen molar-refractivity contribution in [3.8, 4) is 0 Å². The molecule has 0 radical (unpaired) electrons. The van der Waals surface area contributed by atoms with Crippen LogP contribution in [0.3, 0.4) is 0 Å². The van der Waals surface area contributed by atoms with E-state index in [4.69, 9.17) is 5.73 Å².